The summed E-state index contributed by atoms with van der Waals surface area (Å²) >= 11 is 0. The van der Waals surface area contributed by atoms with Crippen LogP contribution < -0.4 is 26.5 Å². The molecule has 2 aromatic rings. The number of benzene rings is 2. The highest BCUT2D eigenvalue weighted by atomic mass is 16.7. The highest BCUT2D eigenvalue weighted by Crippen LogP contribution is 2.65. The van der Waals surface area contributed by atoms with Crippen LogP contribution in [0.3, 0.4) is 0 Å². The molecule has 2 aromatic carbocycles. The number of carbonyl (C=O) groups excluding carboxylic acids is 2. The van der Waals surface area contributed by atoms with Crippen LogP contribution in [0, 0.1) is 33.3 Å². The minimum absolute atomic E-state index is 0.0365. The summed E-state index contributed by atoms with van der Waals surface area (Å²) in [6, 6.07) is 12.5. The number of nitro groups is 1. The maximum absolute atomic E-state index is 14.0. The van der Waals surface area contributed by atoms with Gasteiger partial charge >= 0.3 is 7.12 Å². The molecule has 1 heterocycles. The van der Waals surface area contributed by atoms with Gasteiger partial charge in [0.2, 0.25) is 5.91 Å². The summed E-state index contributed by atoms with van der Waals surface area (Å²) in [5.74, 6) is 0.108. The number of guanidine groups is 1. The molecule has 2 bridgehead atoms. The summed E-state index contributed by atoms with van der Waals surface area (Å²) < 4.78 is 19.2. The van der Waals surface area contributed by atoms with Gasteiger partial charge in [-0.25, -0.2) is 15.1 Å². The maximum Gasteiger partial charge on any atom is 0.481 e. The number of hydrogen-bond acceptors (Lipinski definition) is 8. The highest BCUT2D eigenvalue weighted by Gasteiger charge is 2.68. The van der Waals surface area contributed by atoms with Crippen LogP contribution in [0.2, 0.25) is 0 Å². The number of aliphatic imine (C=N–C) groups is 1. The topological polar surface area (TPSA) is 179 Å². The molecule has 260 valence electrons. The fourth-order valence-electron chi connectivity index (χ4n) is 7.78. The Morgan fingerprint density at radius 2 is 1.83 bits per heavy atom. The van der Waals surface area contributed by atoms with Gasteiger partial charge in [-0.15, -0.1) is 0 Å². The lowest BCUT2D eigenvalue weighted by atomic mass is 9.43. The Bertz CT molecular complexity index is 1540. The number of nitrogens with zero attached hydrogens (tertiary/aromatic N) is 2. The molecule has 4 aliphatic rings. The number of ether oxygens (including phenoxy) is 1. The first-order valence-corrected chi connectivity index (χ1v) is 17.0. The van der Waals surface area contributed by atoms with Crippen LogP contribution in [0.25, 0.3) is 10.8 Å². The Hall–Kier alpha value is -3.91. The molecule has 48 heavy (non-hydrogen) atoms. The van der Waals surface area contributed by atoms with Crippen LogP contribution in [0.15, 0.2) is 47.5 Å². The zero-order chi connectivity index (χ0) is 34.8. The summed E-state index contributed by atoms with van der Waals surface area (Å²) in [5, 5.41) is 17.9. The normalized spacial score (nSPS) is 26.2. The molecule has 3 aliphatic carbocycles. The molecule has 1 aliphatic heterocycles. The van der Waals surface area contributed by atoms with E-state index in [0.717, 1.165) is 23.6 Å². The van der Waals surface area contributed by atoms with Crippen molar-refractivity contribution in [2.75, 3.05) is 6.54 Å². The highest BCUT2D eigenvalue weighted by molar-refractivity contribution is 6.48. The zero-order valence-corrected chi connectivity index (χ0v) is 28.7. The van der Waals surface area contributed by atoms with E-state index < -0.39 is 41.7 Å². The van der Waals surface area contributed by atoms with E-state index in [4.69, 9.17) is 19.8 Å². The van der Waals surface area contributed by atoms with Gasteiger partial charge in [0, 0.05) is 6.54 Å². The van der Waals surface area contributed by atoms with Gasteiger partial charge in [0.25, 0.3) is 11.9 Å². The van der Waals surface area contributed by atoms with Crippen molar-refractivity contribution >= 4 is 35.7 Å². The molecule has 6 rings (SSSR count). The van der Waals surface area contributed by atoms with Crippen molar-refractivity contribution < 1.29 is 28.7 Å². The number of nitrogens with one attached hydrogen (secondary N) is 3. The van der Waals surface area contributed by atoms with Crippen molar-refractivity contribution in [2.45, 2.75) is 103 Å². The largest absolute Gasteiger partial charge is 0.481 e. The van der Waals surface area contributed by atoms with E-state index in [1.165, 1.54) is 0 Å². The van der Waals surface area contributed by atoms with E-state index in [0.29, 0.717) is 30.4 Å². The van der Waals surface area contributed by atoms with Gasteiger partial charge in [-0.1, -0.05) is 63.5 Å². The second-order valence-corrected chi connectivity index (χ2v) is 14.7. The number of hydrazine groups is 1. The minimum Gasteiger partial charge on any atom is -0.481 e. The first-order valence-electron chi connectivity index (χ1n) is 17.0. The first kappa shape index (κ1) is 35.4. The fraction of sp³-hybridized carbons (Fsp3) is 0.618. The second-order valence-electron chi connectivity index (χ2n) is 14.7. The van der Waals surface area contributed by atoms with E-state index in [-0.39, 0.29) is 42.3 Å². The molecular weight excluding hydrogens is 615 g/mol. The maximum atomic E-state index is 14.0. The molecule has 4 fully saturated rings. The summed E-state index contributed by atoms with van der Waals surface area (Å²) in [6.45, 7) is 12.7. The van der Waals surface area contributed by atoms with Crippen LogP contribution in [0.5, 0.6) is 5.75 Å². The number of carbonyl (C=O) groups is 2. The van der Waals surface area contributed by atoms with Crippen LogP contribution in [0.4, 0.5) is 0 Å². The first-order chi connectivity index (χ1) is 22.7. The predicted molar refractivity (Wildman–Crippen MR) is 183 cm³/mol. The molecule has 1 saturated heterocycles. The van der Waals surface area contributed by atoms with Crippen molar-refractivity contribution in [3.05, 3.63) is 52.6 Å². The van der Waals surface area contributed by atoms with Crippen molar-refractivity contribution in [1.82, 2.24) is 16.1 Å². The van der Waals surface area contributed by atoms with Gasteiger partial charge in [0.05, 0.1) is 17.6 Å². The number of fused-ring (bicyclic) bond motifs is 1. The SMILES string of the molecule is CC(C)C[C@H](NC(=O)[C@H](CCCN=C(N)N[N+](=O)[O-])NC(=O)C(C)Oc1ccc2ccccc2c1)B1O[C@@H]2C[C@@H]3C[C@@H](C3(C)C)[C@]2(C)O1. The molecule has 13 nitrogen and oxygen atoms in total. The molecule has 0 radical (unpaired) electrons. The minimum atomic E-state index is -0.944. The Morgan fingerprint density at radius 3 is 2.52 bits per heavy atom. The molecule has 0 spiro atoms. The van der Waals surface area contributed by atoms with Gasteiger partial charge in [-0.05, 0) is 92.0 Å². The Labute approximate surface area is 282 Å². The van der Waals surface area contributed by atoms with Crippen molar-refractivity contribution in [1.29, 1.82) is 0 Å². The molecule has 14 heteroatoms. The van der Waals surface area contributed by atoms with E-state index in [1.54, 1.807) is 18.4 Å². The average molecular weight is 665 g/mol. The third-order valence-electron chi connectivity index (χ3n) is 10.5. The smallest absolute Gasteiger partial charge is 0.481 e. The van der Waals surface area contributed by atoms with Crippen molar-refractivity contribution in [3.63, 3.8) is 0 Å². The third kappa shape index (κ3) is 7.70. The number of amides is 2. The number of nitrogens with two attached hydrogens (primary N) is 1. The number of hydrogen-bond donors (Lipinski definition) is 4. The van der Waals surface area contributed by atoms with E-state index >= 15 is 0 Å². The lowest BCUT2D eigenvalue weighted by Gasteiger charge is -2.64. The van der Waals surface area contributed by atoms with E-state index in [1.807, 2.05) is 36.4 Å². The summed E-state index contributed by atoms with van der Waals surface area (Å²) in [5.41, 5.74) is 7.11. The number of rotatable bonds is 14. The van der Waals surface area contributed by atoms with Crippen LogP contribution in [-0.2, 0) is 18.9 Å². The monoisotopic (exact) mass is 664 g/mol. The third-order valence-corrected chi connectivity index (χ3v) is 10.5. The van der Waals surface area contributed by atoms with Crippen LogP contribution in [-0.4, -0.2) is 66.3 Å². The lowest BCUT2D eigenvalue weighted by molar-refractivity contribution is -0.525. The van der Waals surface area contributed by atoms with Gasteiger partial charge in [0.1, 0.15) is 11.8 Å². The van der Waals surface area contributed by atoms with Crippen molar-refractivity contribution in [2.24, 2.45) is 33.9 Å². The van der Waals surface area contributed by atoms with Crippen LogP contribution >= 0.6 is 0 Å². The average Bonchev–Trinajstić information content (AvgIpc) is 3.38. The quantitative estimate of drug-likeness (QED) is 0.0584. The Morgan fingerprint density at radius 1 is 1.10 bits per heavy atom. The van der Waals surface area contributed by atoms with E-state index in [9.17, 15) is 19.7 Å². The molecule has 0 aromatic heterocycles. The molecule has 1 unspecified atom stereocenters. The molecule has 5 N–H and O–H groups in total. The molecule has 7 atom stereocenters. The van der Waals surface area contributed by atoms with Gasteiger partial charge in [-0.3, -0.25) is 9.59 Å². The standard InChI is InChI=1S/C34H49BN6O7/c1-20(2)16-29(35-47-28-19-24-18-27(33(24,4)5)34(28,6)48-35)39-31(43)26(12-9-15-37-32(36)40-41(44)45)38-30(42)21(3)46-25-14-13-22-10-7-8-11-23(22)17-25/h7-8,10-11,13-14,17,20-21,24,26-29H,9,12,15-16,18-19H2,1-6H3,(H,38,42)(H,39,43)(H3,36,37,40)/t21?,24-,26-,27-,28+,29-,34-/m0/s1. The van der Waals surface area contributed by atoms with Crippen molar-refractivity contribution in [3.8, 4) is 5.75 Å². The lowest BCUT2D eigenvalue weighted by Crippen LogP contribution is -2.65. The van der Waals surface area contributed by atoms with Gasteiger partial charge in [-0.2, -0.15) is 0 Å². The summed E-state index contributed by atoms with van der Waals surface area (Å²) in [7, 11) is -0.620. The Kier molecular flexibility index (Phi) is 10.5. The fourth-order valence-corrected chi connectivity index (χ4v) is 7.78. The van der Waals surface area contributed by atoms with Gasteiger partial charge in [0.15, 0.2) is 11.1 Å². The molecular formula is C34H49BN6O7. The zero-order valence-electron chi connectivity index (χ0n) is 28.7. The summed E-state index contributed by atoms with van der Waals surface area (Å²) in [6.07, 6.45) is 2.26. The molecule has 2 amide bonds. The van der Waals surface area contributed by atoms with Gasteiger partial charge < -0.3 is 30.4 Å². The van der Waals surface area contributed by atoms with Crippen LogP contribution in [0.1, 0.15) is 73.6 Å². The predicted octanol–water partition coefficient (Wildman–Crippen LogP) is 3.77. The van der Waals surface area contributed by atoms with E-state index in [2.05, 4.69) is 50.2 Å². The molecule has 3 saturated carbocycles. The Balaban J connectivity index is 1.28. The summed E-state index contributed by atoms with van der Waals surface area (Å²) in [4.78, 5) is 42.0. The second kappa shape index (κ2) is 14.3.